The molecule has 2 fully saturated rings. The third-order valence-corrected chi connectivity index (χ3v) is 6.58. The lowest BCUT2D eigenvalue weighted by atomic mass is 9.86. The number of nitrogens with zero attached hydrogens (tertiary/aromatic N) is 1. The van der Waals surface area contributed by atoms with Crippen molar-refractivity contribution in [2.24, 2.45) is 0 Å². The van der Waals surface area contributed by atoms with Crippen molar-refractivity contribution in [3.05, 3.63) is 53.0 Å². The van der Waals surface area contributed by atoms with Gasteiger partial charge in [-0.1, -0.05) is 32.9 Å². The molecule has 2 bridgehead atoms. The highest BCUT2D eigenvalue weighted by molar-refractivity contribution is 6.02. The number of anilines is 1. The Hall–Kier alpha value is -2.76. The van der Waals surface area contributed by atoms with E-state index in [1.54, 1.807) is 0 Å². The first-order chi connectivity index (χ1) is 13.7. The molecule has 3 atom stereocenters. The van der Waals surface area contributed by atoms with E-state index in [4.69, 9.17) is 4.42 Å². The maximum absolute atomic E-state index is 13.5. The van der Waals surface area contributed by atoms with Crippen molar-refractivity contribution in [3.63, 3.8) is 0 Å². The van der Waals surface area contributed by atoms with Crippen LogP contribution in [0.3, 0.4) is 0 Å². The Bertz CT molecular complexity index is 1020. The minimum atomic E-state index is -0.614. The fourth-order valence-corrected chi connectivity index (χ4v) is 5.16. The van der Waals surface area contributed by atoms with E-state index < -0.39 is 5.66 Å². The quantitative estimate of drug-likeness (QED) is 0.773. The largest absolute Gasteiger partial charge is 0.455 e. The van der Waals surface area contributed by atoms with Crippen LogP contribution < -0.4 is 10.6 Å². The molecule has 2 aromatic rings. The number of nitrogens with one attached hydrogen (secondary N) is 2. The number of rotatable bonds is 1. The first kappa shape index (κ1) is 18.3. The zero-order valence-electron chi connectivity index (χ0n) is 17.3. The van der Waals surface area contributed by atoms with E-state index in [-0.39, 0.29) is 29.3 Å². The lowest BCUT2D eigenvalue weighted by Crippen LogP contribution is -2.64. The molecule has 3 aliphatic heterocycles. The molecule has 0 saturated carbocycles. The lowest BCUT2D eigenvalue weighted by molar-refractivity contribution is 0.0658. The molecule has 6 heteroatoms. The van der Waals surface area contributed by atoms with E-state index in [0.717, 1.165) is 29.9 Å². The van der Waals surface area contributed by atoms with Gasteiger partial charge in [-0.15, -0.1) is 0 Å². The fraction of sp³-hybridized carbons (Fsp3) is 0.478. The molecule has 1 aromatic carbocycles. The standard InChI is InChI=1S/C23H27N3O3/c1-13-11-18(22(2,3)4)29-19(13)21(28)26-14-9-10-17(26)23(12-14)24-16-8-6-5-7-15(16)20(27)25-23/h5-8,11,14,17,24H,9-10,12H2,1-4H3,(H,25,27)/t14-,17-,23+/m0/s1. The van der Waals surface area contributed by atoms with Crippen LogP contribution in [0.1, 0.15) is 72.3 Å². The van der Waals surface area contributed by atoms with Crippen molar-refractivity contribution in [1.82, 2.24) is 10.2 Å². The summed E-state index contributed by atoms with van der Waals surface area (Å²) in [6.45, 7) is 8.16. The third-order valence-electron chi connectivity index (χ3n) is 6.58. The molecule has 1 aromatic heterocycles. The highest BCUT2D eigenvalue weighted by atomic mass is 16.4. The van der Waals surface area contributed by atoms with Gasteiger partial charge in [-0.3, -0.25) is 9.59 Å². The average Bonchev–Trinajstić information content (AvgIpc) is 3.32. The van der Waals surface area contributed by atoms with Gasteiger partial charge in [0.1, 0.15) is 11.4 Å². The summed E-state index contributed by atoms with van der Waals surface area (Å²) >= 11 is 0. The summed E-state index contributed by atoms with van der Waals surface area (Å²) < 4.78 is 6.03. The number of hydrogen-bond donors (Lipinski definition) is 2. The molecule has 0 unspecified atom stereocenters. The molecule has 2 saturated heterocycles. The topological polar surface area (TPSA) is 74.6 Å². The number of carbonyl (C=O) groups is 2. The molecule has 29 heavy (non-hydrogen) atoms. The summed E-state index contributed by atoms with van der Waals surface area (Å²) in [6.07, 6.45) is 2.51. The normalized spacial score (nSPS) is 27.7. The van der Waals surface area contributed by atoms with Crippen molar-refractivity contribution in [3.8, 4) is 0 Å². The van der Waals surface area contributed by atoms with Crippen molar-refractivity contribution < 1.29 is 14.0 Å². The van der Waals surface area contributed by atoms with Crippen molar-refractivity contribution in [2.45, 2.75) is 70.1 Å². The summed E-state index contributed by atoms with van der Waals surface area (Å²) in [5, 5.41) is 6.74. The Balaban J connectivity index is 1.48. The Kier molecular flexibility index (Phi) is 3.70. The predicted molar refractivity (Wildman–Crippen MR) is 110 cm³/mol. The zero-order valence-corrected chi connectivity index (χ0v) is 17.3. The Morgan fingerprint density at radius 2 is 1.97 bits per heavy atom. The predicted octanol–water partition coefficient (Wildman–Crippen LogP) is 3.81. The number of amides is 2. The molecule has 1 spiro atoms. The van der Waals surface area contributed by atoms with E-state index in [1.165, 1.54) is 0 Å². The van der Waals surface area contributed by atoms with Gasteiger partial charge in [-0.05, 0) is 38.0 Å². The molecular weight excluding hydrogens is 366 g/mol. The van der Waals surface area contributed by atoms with Gasteiger partial charge in [0.05, 0.1) is 11.6 Å². The third kappa shape index (κ3) is 2.61. The molecule has 4 heterocycles. The SMILES string of the molecule is Cc1cc(C(C)(C)C)oc1C(=O)N1[C@H]2CC[C@H]1[C@@]1(C2)NC(=O)c2ccccc2N1. The van der Waals surface area contributed by atoms with Crippen molar-refractivity contribution in [1.29, 1.82) is 0 Å². The van der Waals surface area contributed by atoms with Gasteiger partial charge < -0.3 is 20.0 Å². The van der Waals surface area contributed by atoms with Gasteiger partial charge in [0, 0.05) is 29.1 Å². The first-order valence-electron chi connectivity index (χ1n) is 10.3. The maximum atomic E-state index is 13.5. The summed E-state index contributed by atoms with van der Waals surface area (Å²) in [5.74, 6) is 1.09. The van der Waals surface area contributed by atoms with Crippen molar-refractivity contribution >= 4 is 17.5 Å². The molecule has 5 rings (SSSR count). The van der Waals surface area contributed by atoms with Crippen LogP contribution in [0.2, 0.25) is 0 Å². The summed E-state index contributed by atoms with van der Waals surface area (Å²) in [6, 6.07) is 9.50. The maximum Gasteiger partial charge on any atom is 0.290 e. The smallest absolute Gasteiger partial charge is 0.290 e. The molecule has 6 nitrogen and oxygen atoms in total. The molecule has 152 valence electrons. The number of hydrogen-bond acceptors (Lipinski definition) is 4. The molecular formula is C23H27N3O3. The Morgan fingerprint density at radius 3 is 2.69 bits per heavy atom. The van der Waals surface area contributed by atoms with Crippen molar-refractivity contribution in [2.75, 3.05) is 5.32 Å². The Morgan fingerprint density at radius 1 is 1.21 bits per heavy atom. The highest BCUT2D eigenvalue weighted by Crippen LogP contribution is 2.47. The summed E-state index contributed by atoms with van der Waals surface area (Å²) in [4.78, 5) is 28.2. The van der Waals surface area contributed by atoms with Crippen LogP contribution in [0.5, 0.6) is 0 Å². The number of aryl methyl sites for hydroxylation is 1. The number of benzene rings is 1. The highest BCUT2D eigenvalue weighted by Gasteiger charge is 2.60. The first-order valence-corrected chi connectivity index (χ1v) is 10.3. The zero-order chi connectivity index (χ0) is 20.6. The number of carbonyl (C=O) groups excluding carboxylic acids is 2. The summed E-state index contributed by atoms with van der Waals surface area (Å²) in [7, 11) is 0. The van der Waals surface area contributed by atoms with Crippen LogP contribution in [0.25, 0.3) is 0 Å². The van der Waals surface area contributed by atoms with Crippen LogP contribution in [-0.4, -0.2) is 34.5 Å². The molecule has 3 aliphatic rings. The molecule has 2 amide bonds. The van der Waals surface area contributed by atoms with Gasteiger partial charge in [-0.25, -0.2) is 0 Å². The second kappa shape index (κ2) is 5.88. The average molecular weight is 393 g/mol. The second-order valence-corrected chi connectivity index (χ2v) is 9.63. The monoisotopic (exact) mass is 393 g/mol. The van der Waals surface area contributed by atoms with Crippen LogP contribution in [0, 0.1) is 6.92 Å². The van der Waals surface area contributed by atoms with E-state index in [0.29, 0.717) is 17.7 Å². The molecule has 0 aliphatic carbocycles. The van der Waals surface area contributed by atoms with Crippen LogP contribution in [0.4, 0.5) is 5.69 Å². The summed E-state index contributed by atoms with van der Waals surface area (Å²) in [5.41, 5.74) is 1.58. The van der Waals surface area contributed by atoms with Gasteiger partial charge in [0.25, 0.3) is 11.8 Å². The van der Waals surface area contributed by atoms with Gasteiger partial charge in [-0.2, -0.15) is 0 Å². The molecule has 0 radical (unpaired) electrons. The van der Waals surface area contributed by atoms with Gasteiger partial charge >= 0.3 is 0 Å². The fourth-order valence-electron chi connectivity index (χ4n) is 5.16. The van der Waals surface area contributed by atoms with E-state index in [2.05, 4.69) is 31.4 Å². The minimum absolute atomic E-state index is 0.0720. The Labute approximate surface area is 170 Å². The number of furan rings is 1. The number of para-hydroxylation sites is 1. The number of fused-ring (bicyclic) bond motifs is 4. The molecule has 2 N–H and O–H groups in total. The minimum Gasteiger partial charge on any atom is -0.455 e. The van der Waals surface area contributed by atoms with Gasteiger partial charge in [0.15, 0.2) is 5.76 Å². The second-order valence-electron chi connectivity index (χ2n) is 9.63. The van der Waals surface area contributed by atoms with Gasteiger partial charge in [0.2, 0.25) is 0 Å². The van der Waals surface area contributed by atoms with Crippen LogP contribution >= 0.6 is 0 Å². The van der Waals surface area contributed by atoms with E-state index >= 15 is 0 Å². The lowest BCUT2D eigenvalue weighted by Gasteiger charge is -2.42. The van der Waals surface area contributed by atoms with E-state index in [1.807, 2.05) is 42.2 Å². The van der Waals surface area contributed by atoms with E-state index in [9.17, 15) is 9.59 Å². The van der Waals surface area contributed by atoms with Crippen LogP contribution in [-0.2, 0) is 5.41 Å². The van der Waals surface area contributed by atoms with Crippen LogP contribution in [0.15, 0.2) is 34.7 Å².